The fraction of sp³-hybridized carbons (Fsp3) is 0.188. The van der Waals surface area contributed by atoms with Crippen LogP contribution in [-0.2, 0) is 4.79 Å². The molecule has 19 heavy (non-hydrogen) atoms. The Balaban J connectivity index is 2.17. The van der Waals surface area contributed by atoms with E-state index >= 15 is 0 Å². The average molecular weight is 254 g/mol. The summed E-state index contributed by atoms with van der Waals surface area (Å²) in [5.41, 5.74) is 2.94. The number of hydrogen-bond acceptors (Lipinski definition) is 2. The predicted molar refractivity (Wildman–Crippen MR) is 79.2 cm³/mol. The lowest BCUT2D eigenvalue weighted by molar-refractivity contribution is -0.114. The molecule has 0 saturated carbocycles. The number of anilines is 2. The first-order chi connectivity index (χ1) is 9.16. The van der Waals surface area contributed by atoms with Gasteiger partial charge in [-0.05, 0) is 24.6 Å². The molecular formula is C16H18N2O. The van der Waals surface area contributed by atoms with Gasteiger partial charge in [-0.25, -0.2) is 0 Å². The van der Waals surface area contributed by atoms with E-state index in [1.54, 1.807) is 0 Å². The van der Waals surface area contributed by atoms with Gasteiger partial charge in [0.2, 0.25) is 5.91 Å². The first kappa shape index (κ1) is 13.1. The first-order valence-electron chi connectivity index (χ1n) is 6.35. The highest BCUT2D eigenvalue weighted by molar-refractivity contribution is 5.92. The van der Waals surface area contributed by atoms with Crippen molar-refractivity contribution in [3.63, 3.8) is 0 Å². The van der Waals surface area contributed by atoms with Gasteiger partial charge in [-0.2, -0.15) is 0 Å². The molecule has 2 N–H and O–H groups in total. The monoisotopic (exact) mass is 254 g/mol. The zero-order valence-corrected chi connectivity index (χ0v) is 11.2. The van der Waals surface area contributed by atoms with Crippen molar-refractivity contribution in [2.75, 3.05) is 10.6 Å². The molecule has 0 aromatic heterocycles. The van der Waals surface area contributed by atoms with Crippen LogP contribution in [0.3, 0.4) is 0 Å². The molecule has 2 rings (SSSR count). The van der Waals surface area contributed by atoms with Gasteiger partial charge in [0.05, 0.1) is 11.4 Å². The van der Waals surface area contributed by atoms with E-state index in [9.17, 15) is 4.79 Å². The Kier molecular flexibility index (Phi) is 4.18. The Bertz CT molecular complexity index is 552. The van der Waals surface area contributed by atoms with Crippen LogP contribution in [0.4, 0.5) is 11.4 Å². The quantitative estimate of drug-likeness (QED) is 0.871. The average Bonchev–Trinajstić information content (AvgIpc) is 2.41. The molecule has 0 aliphatic rings. The van der Waals surface area contributed by atoms with Crippen molar-refractivity contribution in [2.24, 2.45) is 0 Å². The molecule has 0 aliphatic heterocycles. The summed E-state index contributed by atoms with van der Waals surface area (Å²) in [6.07, 6.45) is 0. The molecule has 0 radical (unpaired) electrons. The molecule has 3 heteroatoms. The Morgan fingerprint density at radius 1 is 0.947 bits per heavy atom. The van der Waals surface area contributed by atoms with Gasteiger partial charge in [0, 0.05) is 13.0 Å². The smallest absolute Gasteiger partial charge is 0.221 e. The maximum Gasteiger partial charge on any atom is 0.221 e. The molecule has 98 valence electrons. The summed E-state index contributed by atoms with van der Waals surface area (Å²) in [7, 11) is 0. The maximum atomic E-state index is 11.2. The van der Waals surface area contributed by atoms with E-state index in [2.05, 4.69) is 29.7 Å². The maximum absolute atomic E-state index is 11.2. The number of para-hydroxylation sites is 2. The lowest BCUT2D eigenvalue weighted by Gasteiger charge is -2.18. The number of hydrogen-bond donors (Lipinski definition) is 2. The van der Waals surface area contributed by atoms with Crippen molar-refractivity contribution in [3.05, 3.63) is 60.2 Å². The number of amides is 1. The zero-order chi connectivity index (χ0) is 13.7. The highest BCUT2D eigenvalue weighted by atomic mass is 16.1. The molecule has 2 aromatic carbocycles. The Morgan fingerprint density at radius 2 is 1.53 bits per heavy atom. The molecule has 1 amide bonds. The van der Waals surface area contributed by atoms with Gasteiger partial charge in [-0.3, -0.25) is 4.79 Å². The largest absolute Gasteiger partial charge is 0.377 e. The van der Waals surface area contributed by atoms with Crippen LogP contribution in [0.25, 0.3) is 0 Å². The lowest BCUT2D eigenvalue weighted by Crippen LogP contribution is -2.11. The van der Waals surface area contributed by atoms with E-state index < -0.39 is 0 Å². The highest BCUT2D eigenvalue weighted by Crippen LogP contribution is 2.25. The minimum absolute atomic E-state index is 0.0679. The van der Waals surface area contributed by atoms with E-state index in [0.717, 1.165) is 11.4 Å². The van der Waals surface area contributed by atoms with Crippen molar-refractivity contribution in [1.82, 2.24) is 0 Å². The van der Waals surface area contributed by atoms with Crippen molar-refractivity contribution in [1.29, 1.82) is 0 Å². The van der Waals surface area contributed by atoms with E-state index in [4.69, 9.17) is 0 Å². The van der Waals surface area contributed by atoms with Crippen LogP contribution in [0, 0.1) is 0 Å². The molecule has 0 saturated heterocycles. The summed E-state index contributed by atoms with van der Waals surface area (Å²) in [6.45, 7) is 3.61. The second kappa shape index (κ2) is 6.05. The van der Waals surface area contributed by atoms with Crippen molar-refractivity contribution >= 4 is 17.3 Å². The minimum atomic E-state index is -0.0679. The molecule has 3 nitrogen and oxygen atoms in total. The van der Waals surface area contributed by atoms with E-state index in [0.29, 0.717) is 0 Å². The van der Waals surface area contributed by atoms with Gasteiger partial charge >= 0.3 is 0 Å². The van der Waals surface area contributed by atoms with Crippen LogP contribution in [0.1, 0.15) is 25.5 Å². The number of carbonyl (C=O) groups is 1. The molecule has 1 atom stereocenters. The standard InChI is InChI=1S/C16H18N2O/c1-12(14-8-4-3-5-9-14)17-15-10-6-7-11-16(15)18-13(2)19/h3-12,17H,1-2H3,(H,18,19). The van der Waals surface area contributed by atoms with Crippen molar-refractivity contribution in [2.45, 2.75) is 19.9 Å². The molecule has 1 unspecified atom stereocenters. The normalized spacial score (nSPS) is 11.7. The van der Waals surface area contributed by atoms with Crippen LogP contribution in [0.2, 0.25) is 0 Å². The van der Waals surface area contributed by atoms with Crippen LogP contribution < -0.4 is 10.6 Å². The van der Waals surface area contributed by atoms with Gasteiger partial charge in [0.15, 0.2) is 0 Å². The van der Waals surface area contributed by atoms with Crippen LogP contribution >= 0.6 is 0 Å². The lowest BCUT2D eigenvalue weighted by atomic mass is 10.1. The summed E-state index contributed by atoms with van der Waals surface area (Å²) in [6, 6.07) is 18.1. The van der Waals surface area contributed by atoms with E-state index in [1.807, 2.05) is 42.5 Å². The third kappa shape index (κ3) is 3.58. The van der Waals surface area contributed by atoms with Gasteiger partial charge < -0.3 is 10.6 Å². The first-order valence-corrected chi connectivity index (χ1v) is 6.35. The summed E-state index contributed by atoms with van der Waals surface area (Å²) >= 11 is 0. The summed E-state index contributed by atoms with van der Waals surface area (Å²) in [4.78, 5) is 11.2. The zero-order valence-electron chi connectivity index (χ0n) is 11.2. The van der Waals surface area contributed by atoms with Gasteiger partial charge in [-0.15, -0.1) is 0 Å². The Labute approximate surface area is 113 Å². The highest BCUT2D eigenvalue weighted by Gasteiger charge is 2.08. The number of benzene rings is 2. The number of rotatable bonds is 4. The topological polar surface area (TPSA) is 41.1 Å². The molecule has 0 spiro atoms. The van der Waals surface area contributed by atoms with E-state index in [1.165, 1.54) is 12.5 Å². The van der Waals surface area contributed by atoms with Crippen molar-refractivity contribution < 1.29 is 4.79 Å². The number of nitrogens with one attached hydrogen (secondary N) is 2. The third-order valence-corrected chi connectivity index (χ3v) is 2.91. The predicted octanol–water partition coefficient (Wildman–Crippen LogP) is 3.82. The fourth-order valence-electron chi connectivity index (χ4n) is 1.97. The van der Waals surface area contributed by atoms with Gasteiger partial charge in [0.1, 0.15) is 0 Å². The summed E-state index contributed by atoms with van der Waals surface area (Å²) < 4.78 is 0. The Morgan fingerprint density at radius 3 is 2.16 bits per heavy atom. The molecular weight excluding hydrogens is 236 g/mol. The molecule has 0 heterocycles. The second-order valence-electron chi connectivity index (χ2n) is 4.50. The molecule has 0 fully saturated rings. The molecule has 2 aromatic rings. The summed E-state index contributed by atoms with van der Waals surface area (Å²) in [5.74, 6) is -0.0679. The van der Waals surface area contributed by atoms with Gasteiger partial charge in [-0.1, -0.05) is 42.5 Å². The molecule has 0 bridgehead atoms. The Hall–Kier alpha value is -2.29. The third-order valence-electron chi connectivity index (χ3n) is 2.91. The molecule has 0 aliphatic carbocycles. The van der Waals surface area contributed by atoms with Gasteiger partial charge in [0.25, 0.3) is 0 Å². The van der Waals surface area contributed by atoms with Crippen LogP contribution in [0.15, 0.2) is 54.6 Å². The van der Waals surface area contributed by atoms with Crippen LogP contribution in [0.5, 0.6) is 0 Å². The number of carbonyl (C=O) groups excluding carboxylic acids is 1. The SMILES string of the molecule is CC(=O)Nc1ccccc1NC(C)c1ccccc1. The van der Waals surface area contributed by atoms with E-state index in [-0.39, 0.29) is 11.9 Å². The van der Waals surface area contributed by atoms with Crippen LogP contribution in [-0.4, -0.2) is 5.91 Å². The second-order valence-corrected chi connectivity index (χ2v) is 4.50. The van der Waals surface area contributed by atoms with Crippen molar-refractivity contribution in [3.8, 4) is 0 Å². The minimum Gasteiger partial charge on any atom is -0.377 e. The fourth-order valence-corrected chi connectivity index (χ4v) is 1.97. The summed E-state index contributed by atoms with van der Waals surface area (Å²) in [5, 5.41) is 6.25.